The number of benzene rings is 1. The smallest absolute Gasteiger partial charge is 0.414 e. The fourth-order valence-electron chi connectivity index (χ4n) is 2.68. The maximum Gasteiger partial charge on any atom is 0.414 e. The van der Waals surface area contributed by atoms with E-state index in [4.69, 9.17) is 9.16 Å². The van der Waals surface area contributed by atoms with Gasteiger partial charge >= 0.3 is 6.09 Å². The lowest BCUT2D eigenvalue weighted by molar-refractivity contribution is 0.123. The van der Waals surface area contributed by atoms with Crippen molar-refractivity contribution in [1.82, 2.24) is 0 Å². The summed E-state index contributed by atoms with van der Waals surface area (Å²) in [6.45, 7) is 14.6. The molecule has 1 fully saturated rings. The third-order valence-electron chi connectivity index (χ3n) is 5.37. The molecule has 0 radical (unpaired) electrons. The van der Waals surface area contributed by atoms with Gasteiger partial charge in [0, 0.05) is 18.7 Å². The summed E-state index contributed by atoms with van der Waals surface area (Å²) in [6, 6.07) is 8.22. The lowest BCUT2D eigenvalue weighted by Crippen LogP contribution is -2.41. The maximum atomic E-state index is 12.2. The minimum atomic E-state index is -1.74. The molecule has 140 valence electrons. The van der Waals surface area contributed by atoms with Crippen molar-refractivity contribution in [3.05, 3.63) is 29.8 Å². The first-order valence-electron chi connectivity index (χ1n) is 9.35. The third-order valence-corrected chi connectivity index (χ3v) is 9.91. The highest BCUT2D eigenvalue weighted by atomic mass is 28.4. The summed E-state index contributed by atoms with van der Waals surface area (Å²) in [5, 5.41) is 0.200. The Morgan fingerprint density at radius 2 is 1.88 bits per heavy atom. The van der Waals surface area contributed by atoms with Crippen LogP contribution in [-0.4, -0.2) is 33.7 Å². The highest BCUT2D eigenvalue weighted by molar-refractivity contribution is 6.74. The van der Waals surface area contributed by atoms with Crippen LogP contribution in [0.4, 0.5) is 10.5 Å². The third kappa shape index (κ3) is 5.08. The molecule has 0 spiro atoms. The summed E-state index contributed by atoms with van der Waals surface area (Å²) in [4.78, 5) is 13.9. The Bertz CT molecular complexity index is 578. The van der Waals surface area contributed by atoms with Crippen LogP contribution in [0.25, 0.3) is 0 Å². The molecule has 0 aromatic heterocycles. The average molecular weight is 364 g/mol. The van der Waals surface area contributed by atoms with Crippen LogP contribution < -0.4 is 4.90 Å². The summed E-state index contributed by atoms with van der Waals surface area (Å²) in [6.07, 6.45) is 2.61. The fourth-order valence-corrected chi connectivity index (χ4v) is 3.74. The summed E-state index contributed by atoms with van der Waals surface area (Å²) in [5.41, 5.74) is 2.22. The second kappa shape index (κ2) is 7.91. The highest BCUT2D eigenvalue weighted by Crippen LogP contribution is 2.36. The molecule has 0 unspecified atom stereocenters. The van der Waals surface area contributed by atoms with Crippen molar-refractivity contribution in [3.63, 3.8) is 0 Å². The second-order valence-electron chi connectivity index (χ2n) is 8.43. The van der Waals surface area contributed by atoms with Crippen molar-refractivity contribution in [2.75, 3.05) is 18.1 Å². The van der Waals surface area contributed by atoms with Crippen LogP contribution in [-0.2, 0) is 15.6 Å². The van der Waals surface area contributed by atoms with E-state index in [-0.39, 0.29) is 17.2 Å². The van der Waals surface area contributed by atoms with Gasteiger partial charge < -0.3 is 9.16 Å². The van der Waals surface area contributed by atoms with Crippen molar-refractivity contribution < 1.29 is 14.0 Å². The Morgan fingerprint density at radius 3 is 2.44 bits per heavy atom. The number of carbonyl (C=O) groups is 1. The lowest BCUT2D eigenvalue weighted by atomic mass is 10.1. The predicted octanol–water partition coefficient (Wildman–Crippen LogP) is 5.38. The molecule has 0 saturated carbocycles. The molecule has 1 saturated heterocycles. The van der Waals surface area contributed by atoms with E-state index >= 15 is 0 Å². The number of ether oxygens (including phenoxy) is 1. The monoisotopic (exact) mass is 363 g/mol. The zero-order valence-electron chi connectivity index (χ0n) is 16.6. The molecule has 1 aliphatic heterocycles. The van der Waals surface area contributed by atoms with Gasteiger partial charge in [-0.05, 0) is 42.2 Å². The first kappa shape index (κ1) is 20.0. The lowest BCUT2D eigenvalue weighted by Gasteiger charge is -2.36. The molecule has 1 amide bonds. The molecule has 4 nitrogen and oxygen atoms in total. The zero-order chi connectivity index (χ0) is 18.7. The number of amides is 1. The largest absolute Gasteiger partial charge is 0.444 e. The molecule has 0 aliphatic carbocycles. The molecule has 1 aromatic carbocycles. The van der Waals surface area contributed by atoms with Gasteiger partial charge in [-0.2, -0.15) is 0 Å². The minimum absolute atomic E-state index is 0.0902. The van der Waals surface area contributed by atoms with Gasteiger partial charge in [0.1, 0.15) is 6.10 Å². The standard InChI is InChI=1S/C20H33NO3Si/c1-7-8-16-9-11-17(12-10-16)21-15-18(24-19(21)22)13-14-23-25(5,6)20(2,3)4/h9-12,18H,7-8,13-15H2,1-6H3/t18-/m1/s1. The van der Waals surface area contributed by atoms with Crippen LogP contribution in [0.5, 0.6) is 0 Å². The molecule has 2 rings (SSSR count). The Labute approximate surface area is 153 Å². The molecule has 5 heteroatoms. The second-order valence-corrected chi connectivity index (χ2v) is 13.2. The van der Waals surface area contributed by atoms with Crippen LogP contribution in [0, 0.1) is 0 Å². The van der Waals surface area contributed by atoms with Crippen molar-refractivity contribution in [2.45, 2.75) is 71.2 Å². The van der Waals surface area contributed by atoms with E-state index in [2.05, 4.69) is 52.9 Å². The summed E-state index contributed by atoms with van der Waals surface area (Å²) in [5.74, 6) is 0. The molecule has 25 heavy (non-hydrogen) atoms. The van der Waals surface area contributed by atoms with Gasteiger partial charge in [-0.15, -0.1) is 0 Å². The SMILES string of the molecule is CCCc1ccc(N2C[C@@H](CCO[Si](C)(C)C(C)(C)C)OC2=O)cc1. The van der Waals surface area contributed by atoms with Crippen molar-refractivity contribution in [1.29, 1.82) is 0 Å². The van der Waals surface area contributed by atoms with E-state index in [1.807, 2.05) is 12.1 Å². The Morgan fingerprint density at radius 1 is 1.24 bits per heavy atom. The van der Waals surface area contributed by atoms with Gasteiger partial charge in [0.15, 0.2) is 8.32 Å². The molecule has 1 aliphatic rings. The van der Waals surface area contributed by atoms with Crippen LogP contribution >= 0.6 is 0 Å². The van der Waals surface area contributed by atoms with Gasteiger partial charge in [0.05, 0.1) is 6.54 Å². The van der Waals surface area contributed by atoms with Gasteiger partial charge in [0.25, 0.3) is 0 Å². The number of rotatable bonds is 7. The normalized spacial score (nSPS) is 18.6. The van der Waals surface area contributed by atoms with Crippen molar-refractivity contribution in [3.8, 4) is 0 Å². The zero-order valence-corrected chi connectivity index (χ0v) is 17.6. The summed E-state index contributed by atoms with van der Waals surface area (Å²) < 4.78 is 11.7. The number of aryl methyl sites for hydroxylation is 1. The molecule has 0 N–H and O–H groups in total. The van der Waals surface area contributed by atoms with Gasteiger partial charge in [-0.25, -0.2) is 4.79 Å². The highest BCUT2D eigenvalue weighted by Gasteiger charge is 2.38. The van der Waals surface area contributed by atoms with Crippen LogP contribution in [0.1, 0.15) is 46.1 Å². The fraction of sp³-hybridized carbons (Fsp3) is 0.650. The number of hydrogen-bond donors (Lipinski definition) is 0. The number of carbonyl (C=O) groups excluding carboxylic acids is 1. The van der Waals surface area contributed by atoms with Gasteiger partial charge in [-0.1, -0.05) is 46.2 Å². The Kier molecular flexibility index (Phi) is 6.33. The number of hydrogen-bond acceptors (Lipinski definition) is 3. The summed E-state index contributed by atoms with van der Waals surface area (Å²) in [7, 11) is -1.74. The van der Waals surface area contributed by atoms with E-state index in [0.717, 1.165) is 24.9 Å². The van der Waals surface area contributed by atoms with Gasteiger partial charge in [-0.3, -0.25) is 4.90 Å². The first-order chi connectivity index (χ1) is 11.6. The Balaban J connectivity index is 1.88. The van der Waals surface area contributed by atoms with E-state index in [9.17, 15) is 4.79 Å². The van der Waals surface area contributed by atoms with Gasteiger partial charge in [0.2, 0.25) is 0 Å². The maximum absolute atomic E-state index is 12.2. The van der Waals surface area contributed by atoms with E-state index in [0.29, 0.717) is 13.2 Å². The predicted molar refractivity (Wildman–Crippen MR) is 106 cm³/mol. The first-order valence-corrected chi connectivity index (χ1v) is 12.3. The molecular formula is C20H33NO3Si. The number of cyclic esters (lactones) is 1. The number of anilines is 1. The van der Waals surface area contributed by atoms with Crippen LogP contribution in [0.3, 0.4) is 0 Å². The molecule has 1 aromatic rings. The van der Waals surface area contributed by atoms with E-state index in [1.165, 1.54) is 5.56 Å². The minimum Gasteiger partial charge on any atom is -0.444 e. The molecule has 1 atom stereocenters. The molecular weight excluding hydrogens is 330 g/mol. The Hall–Kier alpha value is -1.33. The van der Waals surface area contributed by atoms with Crippen molar-refractivity contribution >= 4 is 20.1 Å². The van der Waals surface area contributed by atoms with E-state index < -0.39 is 8.32 Å². The molecule has 0 bridgehead atoms. The molecule has 1 heterocycles. The average Bonchev–Trinajstić information content (AvgIpc) is 2.88. The quantitative estimate of drug-likeness (QED) is 0.611. The van der Waals surface area contributed by atoms with Crippen LogP contribution in [0.2, 0.25) is 18.1 Å². The van der Waals surface area contributed by atoms with Crippen molar-refractivity contribution in [2.24, 2.45) is 0 Å². The number of nitrogens with zero attached hydrogens (tertiary/aromatic N) is 1. The topological polar surface area (TPSA) is 38.8 Å². The van der Waals surface area contributed by atoms with Crippen LogP contribution in [0.15, 0.2) is 24.3 Å². The van der Waals surface area contributed by atoms with E-state index in [1.54, 1.807) is 4.90 Å². The summed E-state index contributed by atoms with van der Waals surface area (Å²) >= 11 is 0.